The zero-order valence-electron chi connectivity index (χ0n) is 16.0. The highest BCUT2D eigenvalue weighted by Crippen LogP contribution is 2.36. The molecule has 2 aromatic rings. The molecule has 28 heavy (non-hydrogen) atoms. The van der Waals surface area contributed by atoms with Gasteiger partial charge in [-0.2, -0.15) is 0 Å². The predicted molar refractivity (Wildman–Crippen MR) is 107 cm³/mol. The molecule has 0 aliphatic carbocycles. The van der Waals surface area contributed by atoms with Gasteiger partial charge in [0.25, 0.3) is 0 Å². The number of benzene rings is 1. The van der Waals surface area contributed by atoms with E-state index in [4.69, 9.17) is 4.98 Å². The molecule has 2 saturated heterocycles. The number of imide groups is 2. The summed E-state index contributed by atoms with van der Waals surface area (Å²) in [4.78, 5) is 46.4. The Morgan fingerprint density at radius 2 is 1.89 bits per heavy atom. The van der Waals surface area contributed by atoms with Gasteiger partial charge in [0.2, 0.25) is 0 Å². The van der Waals surface area contributed by atoms with Crippen LogP contribution in [-0.4, -0.2) is 57.3 Å². The van der Waals surface area contributed by atoms with Crippen LogP contribution in [0.4, 0.5) is 4.79 Å². The number of piperidine rings is 1. The van der Waals surface area contributed by atoms with E-state index in [2.05, 4.69) is 11.0 Å². The quantitative estimate of drug-likeness (QED) is 0.549. The van der Waals surface area contributed by atoms with Crippen molar-refractivity contribution in [3.63, 3.8) is 0 Å². The normalized spacial score (nSPS) is 21.3. The van der Waals surface area contributed by atoms with Crippen LogP contribution in [-0.2, 0) is 9.59 Å². The van der Waals surface area contributed by atoms with Crippen molar-refractivity contribution in [2.75, 3.05) is 19.8 Å². The maximum atomic E-state index is 12.7. The van der Waals surface area contributed by atoms with Crippen LogP contribution in [0, 0.1) is 0 Å². The smallest absolute Gasteiger partial charge is 0.276 e. The van der Waals surface area contributed by atoms with E-state index < -0.39 is 17.8 Å². The lowest BCUT2D eigenvalue weighted by Crippen LogP contribution is -2.45. The van der Waals surface area contributed by atoms with E-state index in [-0.39, 0.29) is 12.7 Å². The molecule has 4 amide bonds. The maximum Gasteiger partial charge on any atom is 0.335 e. The Labute approximate surface area is 167 Å². The molecule has 2 fully saturated rings. The van der Waals surface area contributed by atoms with Gasteiger partial charge in [-0.1, -0.05) is 31.9 Å². The number of amides is 4. The van der Waals surface area contributed by atoms with Crippen molar-refractivity contribution in [1.82, 2.24) is 19.7 Å². The molecule has 0 saturated carbocycles. The molecule has 3 heterocycles. The number of fused-ring (bicyclic) bond motifs is 1. The number of rotatable bonds is 6. The summed E-state index contributed by atoms with van der Waals surface area (Å²) < 4.78 is 1.14. The molecule has 8 heteroatoms. The first-order chi connectivity index (χ1) is 13.6. The van der Waals surface area contributed by atoms with E-state index in [0.717, 1.165) is 57.3 Å². The topological polar surface area (TPSA) is 73.8 Å². The van der Waals surface area contributed by atoms with E-state index in [1.807, 2.05) is 25.1 Å². The third-order valence-corrected chi connectivity index (χ3v) is 6.54. The highest BCUT2D eigenvalue weighted by molar-refractivity contribution is 7.18. The Kier molecular flexibility index (Phi) is 5.41. The number of urea groups is 1. The molecule has 7 nitrogen and oxygen atoms in total. The minimum absolute atomic E-state index is 0.0616. The first kappa shape index (κ1) is 19.0. The Balaban J connectivity index is 1.54. The lowest BCUT2D eigenvalue weighted by atomic mass is 10.0. The van der Waals surface area contributed by atoms with E-state index >= 15 is 0 Å². The van der Waals surface area contributed by atoms with Gasteiger partial charge in [-0.05, 0) is 31.4 Å². The number of thiazole rings is 1. The number of unbranched alkanes of at least 4 members (excludes halogenated alkanes) is 1. The third kappa shape index (κ3) is 3.42. The standard InChI is InChI=1S/C20H24N4O3S/c1-2-3-12-23-18(25)19(26)24(20(23)27)13-22-11-7-6-9-15(22)17-21-14-8-4-5-10-16(14)28-17/h4-5,8,10,15H,2-3,6-7,9,11-13H2,1H3. The second-order valence-corrected chi connectivity index (χ2v) is 8.37. The van der Waals surface area contributed by atoms with Crippen molar-refractivity contribution in [2.24, 2.45) is 0 Å². The molecule has 1 atom stereocenters. The van der Waals surface area contributed by atoms with Crippen LogP contribution in [0.25, 0.3) is 10.2 Å². The molecular formula is C20H24N4O3S. The Morgan fingerprint density at radius 3 is 2.68 bits per heavy atom. The molecule has 2 aliphatic rings. The summed E-state index contributed by atoms with van der Waals surface area (Å²) in [7, 11) is 0. The molecule has 4 rings (SSSR count). The van der Waals surface area contributed by atoms with Crippen molar-refractivity contribution in [3.05, 3.63) is 29.3 Å². The average molecular weight is 401 g/mol. The van der Waals surface area contributed by atoms with E-state index in [1.165, 1.54) is 0 Å². The van der Waals surface area contributed by atoms with Crippen LogP contribution in [0.1, 0.15) is 50.1 Å². The number of hydrogen-bond acceptors (Lipinski definition) is 6. The van der Waals surface area contributed by atoms with E-state index in [1.54, 1.807) is 11.3 Å². The van der Waals surface area contributed by atoms with Crippen LogP contribution < -0.4 is 0 Å². The monoisotopic (exact) mass is 400 g/mol. The minimum atomic E-state index is -0.713. The Hall–Kier alpha value is -2.32. The van der Waals surface area contributed by atoms with Gasteiger partial charge in [0.05, 0.1) is 22.9 Å². The summed E-state index contributed by atoms with van der Waals surface area (Å²) in [5.74, 6) is -1.42. The summed E-state index contributed by atoms with van der Waals surface area (Å²) in [5.41, 5.74) is 0.974. The van der Waals surface area contributed by atoms with Crippen molar-refractivity contribution in [1.29, 1.82) is 0 Å². The highest BCUT2D eigenvalue weighted by atomic mass is 32.1. The Bertz CT molecular complexity index is 879. The lowest BCUT2D eigenvalue weighted by Gasteiger charge is -2.36. The fraction of sp³-hybridized carbons (Fsp3) is 0.500. The SMILES string of the molecule is CCCCN1C(=O)C(=O)N(CN2CCCCC2c2nc3ccccc3s2)C1=O. The molecule has 0 bridgehead atoms. The van der Waals surface area contributed by atoms with Crippen LogP contribution >= 0.6 is 11.3 Å². The summed E-state index contributed by atoms with van der Waals surface area (Å²) in [6.07, 6.45) is 4.59. The molecule has 148 valence electrons. The largest absolute Gasteiger partial charge is 0.335 e. The molecule has 0 N–H and O–H groups in total. The lowest BCUT2D eigenvalue weighted by molar-refractivity contribution is -0.144. The molecule has 0 spiro atoms. The number of carbonyl (C=O) groups is 3. The van der Waals surface area contributed by atoms with E-state index in [9.17, 15) is 14.4 Å². The van der Waals surface area contributed by atoms with Crippen molar-refractivity contribution in [3.8, 4) is 0 Å². The van der Waals surface area contributed by atoms with Gasteiger partial charge in [0.1, 0.15) is 5.01 Å². The summed E-state index contributed by atoms with van der Waals surface area (Å²) in [6.45, 7) is 3.21. The molecule has 2 aliphatic heterocycles. The zero-order chi connectivity index (χ0) is 19.7. The number of aromatic nitrogens is 1. The van der Waals surface area contributed by atoms with Crippen LogP contribution in [0.15, 0.2) is 24.3 Å². The fourth-order valence-electron chi connectivity index (χ4n) is 3.84. The van der Waals surface area contributed by atoms with Gasteiger partial charge >= 0.3 is 17.8 Å². The van der Waals surface area contributed by atoms with Gasteiger partial charge < -0.3 is 0 Å². The zero-order valence-corrected chi connectivity index (χ0v) is 16.8. The molecule has 0 radical (unpaired) electrons. The Morgan fingerprint density at radius 1 is 1.11 bits per heavy atom. The average Bonchev–Trinajstić information content (AvgIpc) is 3.23. The predicted octanol–water partition coefficient (Wildman–Crippen LogP) is 3.37. The van der Waals surface area contributed by atoms with Crippen molar-refractivity contribution < 1.29 is 14.4 Å². The van der Waals surface area contributed by atoms with Crippen molar-refractivity contribution >= 4 is 39.4 Å². The first-order valence-electron chi connectivity index (χ1n) is 9.87. The van der Waals surface area contributed by atoms with Gasteiger partial charge in [0.15, 0.2) is 0 Å². The van der Waals surface area contributed by atoms with Gasteiger partial charge in [0, 0.05) is 13.1 Å². The fourth-order valence-corrected chi connectivity index (χ4v) is 4.98. The molecule has 1 unspecified atom stereocenters. The number of nitrogens with zero attached hydrogens (tertiary/aromatic N) is 4. The van der Waals surface area contributed by atoms with Crippen LogP contribution in [0.2, 0.25) is 0 Å². The summed E-state index contributed by atoms with van der Waals surface area (Å²) in [5, 5.41) is 1.01. The number of carbonyl (C=O) groups excluding carboxylic acids is 3. The number of likely N-dealkylation sites (tertiary alicyclic amines) is 1. The van der Waals surface area contributed by atoms with Gasteiger partial charge in [-0.15, -0.1) is 11.3 Å². The number of para-hydroxylation sites is 1. The highest BCUT2D eigenvalue weighted by Gasteiger charge is 2.45. The second kappa shape index (κ2) is 7.97. The second-order valence-electron chi connectivity index (χ2n) is 7.31. The number of hydrogen-bond donors (Lipinski definition) is 0. The van der Waals surface area contributed by atoms with Crippen molar-refractivity contribution in [2.45, 2.75) is 45.1 Å². The maximum absolute atomic E-state index is 12.7. The minimum Gasteiger partial charge on any atom is -0.276 e. The molecular weight excluding hydrogens is 376 g/mol. The molecule has 1 aromatic carbocycles. The summed E-state index contributed by atoms with van der Waals surface area (Å²) >= 11 is 1.66. The van der Waals surface area contributed by atoms with E-state index in [0.29, 0.717) is 13.0 Å². The molecule has 1 aromatic heterocycles. The van der Waals surface area contributed by atoms with Gasteiger partial charge in [-0.3, -0.25) is 19.4 Å². The van der Waals surface area contributed by atoms with Crippen LogP contribution in [0.5, 0.6) is 0 Å². The van der Waals surface area contributed by atoms with Gasteiger partial charge in [-0.25, -0.2) is 14.7 Å². The third-order valence-electron chi connectivity index (χ3n) is 5.40. The summed E-state index contributed by atoms with van der Waals surface area (Å²) in [6, 6.07) is 7.61. The van der Waals surface area contributed by atoms with Crippen LogP contribution in [0.3, 0.4) is 0 Å². The first-order valence-corrected chi connectivity index (χ1v) is 10.7.